The van der Waals surface area contributed by atoms with Crippen LogP contribution in [0.25, 0.3) is 0 Å². The van der Waals surface area contributed by atoms with Gasteiger partial charge in [-0.3, -0.25) is 4.79 Å². The van der Waals surface area contributed by atoms with Crippen molar-refractivity contribution in [3.8, 4) is 0 Å². The van der Waals surface area contributed by atoms with Crippen LogP contribution in [0.15, 0.2) is 34.8 Å². The lowest BCUT2D eigenvalue weighted by molar-refractivity contribution is 0.103. The summed E-state index contributed by atoms with van der Waals surface area (Å²) in [6, 6.07) is 6.89. The lowest BCUT2D eigenvalue weighted by Crippen LogP contribution is -1.99. The molecule has 82 valence electrons. The van der Waals surface area contributed by atoms with Gasteiger partial charge in [0.2, 0.25) is 5.78 Å². The Bertz CT molecular complexity index is 507. The molecule has 1 aromatic carbocycles. The molecule has 0 aliphatic rings. The molecule has 0 aliphatic carbocycles. The van der Waals surface area contributed by atoms with Gasteiger partial charge in [-0.15, -0.1) is 23.1 Å². The number of thiazole rings is 1. The maximum absolute atomic E-state index is 12.1. The third-order valence-corrected chi connectivity index (χ3v) is 3.94. The topological polar surface area (TPSA) is 30.0 Å². The molecule has 2 nitrogen and oxygen atoms in total. The maximum atomic E-state index is 12.1. The van der Waals surface area contributed by atoms with E-state index in [1.807, 2.05) is 6.26 Å². The first-order chi connectivity index (χ1) is 7.72. The third-order valence-electron chi connectivity index (χ3n) is 2.04. The molecule has 1 heterocycles. The van der Waals surface area contributed by atoms with Crippen LogP contribution in [0.4, 0.5) is 0 Å². The predicted octanol–water partition coefficient (Wildman–Crippen LogP) is 3.75. The summed E-state index contributed by atoms with van der Waals surface area (Å²) in [5.41, 5.74) is 2.33. The van der Waals surface area contributed by atoms with Gasteiger partial charge >= 0.3 is 0 Å². The first-order valence-electron chi connectivity index (χ1n) is 4.50. The second kappa shape index (κ2) is 4.99. The summed E-state index contributed by atoms with van der Waals surface area (Å²) in [7, 11) is 0. The molecule has 16 heavy (non-hydrogen) atoms. The summed E-state index contributed by atoms with van der Waals surface area (Å²) in [5.74, 6) is 0.00326. The van der Waals surface area contributed by atoms with E-state index in [2.05, 4.69) is 4.98 Å². The summed E-state index contributed by atoms with van der Waals surface area (Å²) in [6.45, 7) is 0. The lowest BCUT2D eigenvalue weighted by Gasteiger charge is -1.99. The Morgan fingerprint density at radius 3 is 2.69 bits per heavy atom. The number of aromatic nitrogens is 1. The number of halogens is 1. The average Bonchev–Trinajstić information content (AvgIpc) is 2.77. The molecule has 0 atom stereocenters. The largest absolute Gasteiger partial charge is 0.288 e. The summed E-state index contributed by atoms with van der Waals surface area (Å²) < 4.78 is 0. The standard InChI is InChI=1S/C11H8ClNOS2/c1-15-11-10(16-6-13-11)9(14)7-2-4-8(12)5-3-7/h2-6H,1H3. The number of thioether (sulfide) groups is 1. The molecule has 0 radical (unpaired) electrons. The maximum Gasteiger partial charge on any atom is 0.205 e. The fourth-order valence-electron chi connectivity index (χ4n) is 1.26. The number of hydrogen-bond donors (Lipinski definition) is 0. The van der Waals surface area contributed by atoms with E-state index in [0.717, 1.165) is 5.03 Å². The Morgan fingerprint density at radius 2 is 2.06 bits per heavy atom. The van der Waals surface area contributed by atoms with E-state index in [-0.39, 0.29) is 5.78 Å². The fraction of sp³-hybridized carbons (Fsp3) is 0.0909. The van der Waals surface area contributed by atoms with Crippen LogP contribution in [0.5, 0.6) is 0 Å². The van der Waals surface area contributed by atoms with Gasteiger partial charge in [0.15, 0.2) is 0 Å². The Hall–Kier alpha value is -0.840. The third kappa shape index (κ3) is 2.29. The number of ketones is 1. The molecule has 0 fully saturated rings. The van der Waals surface area contributed by atoms with Crippen LogP contribution < -0.4 is 0 Å². The van der Waals surface area contributed by atoms with Gasteiger partial charge in [-0.1, -0.05) is 11.6 Å². The van der Waals surface area contributed by atoms with Crippen molar-refractivity contribution in [3.63, 3.8) is 0 Å². The van der Waals surface area contributed by atoms with Gasteiger partial charge in [0.1, 0.15) is 9.90 Å². The highest BCUT2D eigenvalue weighted by atomic mass is 35.5. The molecule has 0 unspecified atom stereocenters. The molecule has 2 aromatic rings. The normalized spacial score (nSPS) is 10.4. The highest BCUT2D eigenvalue weighted by Gasteiger charge is 2.15. The van der Waals surface area contributed by atoms with Crippen molar-refractivity contribution in [1.29, 1.82) is 0 Å². The van der Waals surface area contributed by atoms with Crippen LogP contribution in [0.3, 0.4) is 0 Å². The van der Waals surface area contributed by atoms with Gasteiger partial charge in [0.05, 0.1) is 5.51 Å². The zero-order valence-electron chi connectivity index (χ0n) is 8.44. The van der Waals surface area contributed by atoms with Crippen LogP contribution >= 0.6 is 34.7 Å². The van der Waals surface area contributed by atoms with E-state index in [4.69, 9.17) is 11.6 Å². The Morgan fingerprint density at radius 1 is 1.38 bits per heavy atom. The summed E-state index contributed by atoms with van der Waals surface area (Å²) in [6.07, 6.45) is 1.91. The molecule has 0 N–H and O–H groups in total. The molecule has 0 saturated carbocycles. The van der Waals surface area contributed by atoms with E-state index in [1.165, 1.54) is 23.1 Å². The average molecular weight is 270 g/mol. The molecular formula is C11H8ClNOS2. The molecule has 0 aliphatic heterocycles. The van der Waals surface area contributed by atoms with Crippen molar-refractivity contribution in [2.24, 2.45) is 0 Å². The molecule has 0 spiro atoms. The van der Waals surface area contributed by atoms with E-state index < -0.39 is 0 Å². The molecule has 5 heteroatoms. The number of carbonyl (C=O) groups excluding carboxylic acids is 1. The van der Waals surface area contributed by atoms with Gasteiger partial charge in [-0.25, -0.2) is 4.98 Å². The van der Waals surface area contributed by atoms with Gasteiger partial charge < -0.3 is 0 Å². The molecule has 2 rings (SSSR count). The summed E-state index contributed by atoms with van der Waals surface area (Å²) >= 11 is 8.62. The first kappa shape index (κ1) is 11.6. The quantitative estimate of drug-likeness (QED) is 0.628. The van der Waals surface area contributed by atoms with Gasteiger partial charge in [0, 0.05) is 10.6 Å². The number of nitrogens with zero attached hydrogens (tertiary/aromatic N) is 1. The van der Waals surface area contributed by atoms with Crippen LogP contribution in [-0.4, -0.2) is 17.0 Å². The minimum Gasteiger partial charge on any atom is -0.288 e. The van der Waals surface area contributed by atoms with Gasteiger partial charge in [-0.2, -0.15) is 0 Å². The number of carbonyl (C=O) groups is 1. The van der Waals surface area contributed by atoms with Crippen LogP contribution in [0.1, 0.15) is 15.2 Å². The van der Waals surface area contributed by atoms with Gasteiger partial charge in [0.25, 0.3) is 0 Å². The van der Waals surface area contributed by atoms with Crippen LogP contribution in [0, 0.1) is 0 Å². The highest BCUT2D eigenvalue weighted by Crippen LogP contribution is 2.25. The van der Waals surface area contributed by atoms with E-state index in [9.17, 15) is 4.79 Å². The highest BCUT2D eigenvalue weighted by molar-refractivity contribution is 7.98. The first-order valence-corrected chi connectivity index (χ1v) is 6.98. The monoisotopic (exact) mass is 269 g/mol. The number of hydrogen-bond acceptors (Lipinski definition) is 4. The minimum atomic E-state index is 0.00326. The summed E-state index contributed by atoms with van der Waals surface area (Å²) in [5, 5.41) is 1.41. The smallest absolute Gasteiger partial charge is 0.205 e. The molecule has 0 bridgehead atoms. The molecule has 0 amide bonds. The van der Waals surface area contributed by atoms with Crippen molar-refractivity contribution in [2.75, 3.05) is 6.26 Å². The Labute approximate surface area is 107 Å². The Kier molecular flexibility index (Phi) is 3.63. The van der Waals surface area contributed by atoms with Crippen LogP contribution in [-0.2, 0) is 0 Å². The minimum absolute atomic E-state index is 0.00326. The van der Waals surface area contributed by atoms with Crippen molar-refractivity contribution in [2.45, 2.75) is 5.03 Å². The second-order valence-corrected chi connectivity index (χ2v) is 5.11. The zero-order valence-corrected chi connectivity index (χ0v) is 10.8. The van der Waals surface area contributed by atoms with Crippen molar-refractivity contribution in [3.05, 3.63) is 45.2 Å². The van der Waals surface area contributed by atoms with Gasteiger partial charge in [-0.05, 0) is 30.5 Å². The summed E-state index contributed by atoms with van der Waals surface area (Å²) in [4.78, 5) is 16.9. The SMILES string of the molecule is CSc1ncsc1C(=O)c1ccc(Cl)cc1. The van der Waals surface area contributed by atoms with Crippen molar-refractivity contribution < 1.29 is 4.79 Å². The lowest BCUT2D eigenvalue weighted by atomic mass is 10.1. The van der Waals surface area contributed by atoms with E-state index >= 15 is 0 Å². The fourth-order valence-corrected chi connectivity index (χ4v) is 2.93. The van der Waals surface area contributed by atoms with Crippen molar-refractivity contribution in [1.82, 2.24) is 4.98 Å². The molecular weight excluding hydrogens is 262 g/mol. The number of rotatable bonds is 3. The Balaban J connectivity index is 2.35. The van der Waals surface area contributed by atoms with E-state index in [0.29, 0.717) is 15.5 Å². The van der Waals surface area contributed by atoms with Crippen molar-refractivity contribution >= 4 is 40.5 Å². The zero-order chi connectivity index (χ0) is 11.5. The number of benzene rings is 1. The van der Waals surface area contributed by atoms with Crippen LogP contribution in [0.2, 0.25) is 5.02 Å². The predicted molar refractivity (Wildman–Crippen MR) is 68.8 cm³/mol. The second-order valence-electron chi connectivity index (χ2n) is 3.03. The van der Waals surface area contributed by atoms with E-state index in [1.54, 1.807) is 29.8 Å². The molecule has 0 saturated heterocycles. The molecule has 1 aromatic heterocycles.